The fourth-order valence-corrected chi connectivity index (χ4v) is 2.76. The Balaban J connectivity index is 1.79. The predicted octanol–water partition coefficient (Wildman–Crippen LogP) is 3.03. The average Bonchev–Trinajstić information content (AvgIpc) is 3.01. The monoisotopic (exact) mass is 258 g/mol. The second kappa shape index (κ2) is 5.05. The fourth-order valence-electron chi connectivity index (χ4n) is 2.76. The molecule has 1 N–H and O–H groups in total. The number of hydrogen-bond donors (Lipinski definition) is 1. The second-order valence-corrected chi connectivity index (χ2v) is 5.12. The van der Waals surface area contributed by atoms with Gasteiger partial charge in [-0.25, -0.2) is 0 Å². The maximum atomic E-state index is 9.87. The molecule has 1 aromatic heterocycles. The Morgan fingerprint density at radius 1 is 1.42 bits per heavy atom. The van der Waals surface area contributed by atoms with Crippen LogP contribution >= 0.6 is 0 Å². The molecule has 19 heavy (non-hydrogen) atoms. The Kier molecular flexibility index (Phi) is 3.25. The maximum absolute atomic E-state index is 9.87. The summed E-state index contributed by atoms with van der Waals surface area (Å²) in [6, 6.07) is 9.83. The fraction of sp³-hybridized carbons (Fsp3) is 0.400. The van der Waals surface area contributed by atoms with E-state index in [2.05, 4.69) is 10.1 Å². The highest BCUT2D eigenvalue weighted by Gasteiger charge is 2.28. The zero-order valence-electron chi connectivity index (χ0n) is 11.0. The molecule has 1 aliphatic heterocycles. The normalized spacial score (nSPS) is 19.9. The number of aromatic nitrogens is 1. The van der Waals surface area contributed by atoms with Crippen molar-refractivity contribution in [2.75, 3.05) is 6.54 Å². The number of para-hydroxylation sites is 1. The Hall–Kier alpha value is -1.81. The van der Waals surface area contributed by atoms with Crippen LogP contribution < -0.4 is 0 Å². The number of hydrogen-bond acceptors (Lipinski definition) is 4. The average molecular weight is 258 g/mol. The molecule has 0 spiro atoms. The van der Waals surface area contributed by atoms with Crippen molar-refractivity contribution in [1.29, 1.82) is 0 Å². The molecule has 4 nitrogen and oxygen atoms in total. The quantitative estimate of drug-likeness (QED) is 0.919. The number of aryl methyl sites for hydroxylation is 1. The smallest absolute Gasteiger partial charge is 0.133 e. The number of benzene rings is 1. The number of rotatable bonds is 3. The molecule has 1 aromatic carbocycles. The number of nitrogens with zero attached hydrogens (tertiary/aromatic N) is 2. The molecular weight excluding hydrogens is 240 g/mol. The molecule has 3 rings (SSSR count). The van der Waals surface area contributed by atoms with Crippen LogP contribution in [0.25, 0.3) is 0 Å². The van der Waals surface area contributed by atoms with Crippen LogP contribution in [0.4, 0.5) is 0 Å². The van der Waals surface area contributed by atoms with Gasteiger partial charge in [0.05, 0.1) is 6.04 Å². The van der Waals surface area contributed by atoms with Crippen LogP contribution in [0.2, 0.25) is 0 Å². The molecule has 0 saturated carbocycles. The molecule has 1 aliphatic rings. The van der Waals surface area contributed by atoms with Gasteiger partial charge >= 0.3 is 0 Å². The van der Waals surface area contributed by atoms with Crippen LogP contribution in [-0.4, -0.2) is 21.7 Å². The van der Waals surface area contributed by atoms with Crippen molar-refractivity contribution in [3.63, 3.8) is 0 Å². The van der Waals surface area contributed by atoms with Gasteiger partial charge in [0.1, 0.15) is 17.2 Å². The molecule has 0 unspecified atom stereocenters. The maximum Gasteiger partial charge on any atom is 0.133 e. The van der Waals surface area contributed by atoms with Crippen molar-refractivity contribution in [3.8, 4) is 5.75 Å². The van der Waals surface area contributed by atoms with Crippen LogP contribution in [0.5, 0.6) is 5.75 Å². The zero-order chi connectivity index (χ0) is 13.2. The van der Waals surface area contributed by atoms with Gasteiger partial charge in [0.25, 0.3) is 0 Å². The minimum Gasteiger partial charge on any atom is -0.508 e. The zero-order valence-corrected chi connectivity index (χ0v) is 11.0. The lowest BCUT2D eigenvalue weighted by atomic mass is 10.1. The van der Waals surface area contributed by atoms with Crippen molar-refractivity contribution in [3.05, 3.63) is 47.3 Å². The van der Waals surface area contributed by atoms with Gasteiger partial charge in [0.15, 0.2) is 0 Å². The summed E-state index contributed by atoms with van der Waals surface area (Å²) in [6.45, 7) is 3.70. The van der Waals surface area contributed by atoms with Crippen molar-refractivity contribution >= 4 is 0 Å². The molecule has 1 saturated heterocycles. The minimum absolute atomic E-state index is 0.303. The van der Waals surface area contributed by atoms with Crippen LogP contribution in [0.15, 0.2) is 34.9 Å². The van der Waals surface area contributed by atoms with E-state index < -0.39 is 0 Å². The van der Waals surface area contributed by atoms with Crippen molar-refractivity contribution < 1.29 is 9.63 Å². The third-order valence-electron chi connectivity index (χ3n) is 3.72. The van der Waals surface area contributed by atoms with E-state index in [0.29, 0.717) is 11.8 Å². The molecule has 2 aromatic rings. The van der Waals surface area contributed by atoms with Gasteiger partial charge in [-0.15, -0.1) is 0 Å². The number of phenols is 1. The standard InChI is InChI=1S/C15H18N2O2/c1-11-9-13(16-19-11)14-6-4-8-17(14)10-12-5-2-3-7-15(12)18/h2-3,5,7,9,14,18H,4,6,8,10H2,1H3/t14-/m0/s1. The lowest BCUT2D eigenvalue weighted by Crippen LogP contribution is -2.23. The van der Waals surface area contributed by atoms with Crippen LogP contribution in [-0.2, 0) is 6.54 Å². The summed E-state index contributed by atoms with van der Waals surface area (Å²) in [4.78, 5) is 2.35. The van der Waals surface area contributed by atoms with Crippen LogP contribution in [0, 0.1) is 6.92 Å². The summed E-state index contributed by atoms with van der Waals surface area (Å²) in [5, 5.41) is 14.0. The Bertz CT molecular complexity index is 565. The van der Waals surface area contributed by atoms with Gasteiger partial charge in [-0.1, -0.05) is 23.4 Å². The number of aromatic hydroxyl groups is 1. The summed E-state index contributed by atoms with van der Waals surface area (Å²) >= 11 is 0. The second-order valence-electron chi connectivity index (χ2n) is 5.12. The molecule has 0 bridgehead atoms. The molecule has 0 amide bonds. The number of likely N-dealkylation sites (tertiary alicyclic amines) is 1. The summed E-state index contributed by atoms with van der Waals surface area (Å²) in [5.74, 6) is 1.22. The lowest BCUT2D eigenvalue weighted by molar-refractivity contribution is 0.234. The first-order valence-electron chi connectivity index (χ1n) is 6.68. The first-order valence-corrected chi connectivity index (χ1v) is 6.68. The predicted molar refractivity (Wildman–Crippen MR) is 71.7 cm³/mol. The Morgan fingerprint density at radius 3 is 3.00 bits per heavy atom. The molecule has 100 valence electrons. The van der Waals surface area contributed by atoms with E-state index in [1.54, 1.807) is 6.07 Å². The van der Waals surface area contributed by atoms with Crippen molar-refractivity contribution in [2.24, 2.45) is 0 Å². The lowest BCUT2D eigenvalue weighted by Gasteiger charge is -2.22. The Morgan fingerprint density at radius 2 is 2.26 bits per heavy atom. The highest BCUT2D eigenvalue weighted by atomic mass is 16.5. The highest BCUT2D eigenvalue weighted by Crippen LogP contribution is 2.33. The van der Waals surface area contributed by atoms with Gasteiger partial charge in [-0.3, -0.25) is 4.90 Å². The summed E-state index contributed by atoms with van der Waals surface area (Å²) in [5.41, 5.74) is 1.97. The largest absolute Gasteiger partial charge is 0.508 e. The highest BCUT2D eigenvalue weighted by molar-refractivity contribution is 5.31. The summed E-state index contributed by atoms with van der Waals surface area (Å²) in [7, 11) is 0. The van der Waals surface area contributed by atoms with Gasteiger partial charge in [-0.2, -0.15) is 0 Å². The topological polar surface area (TPSA) is 49.5 Å². The summed E-state index contributed by atoms with van der Waals surface area (Å²) in [6.07, 6.45) is 2.25. The van der Waals surface area contributed by atoms with E-state index in [1.807, 2.05) is 31.2 Å². The molecule has 0 aliphatic carbocycles. The van der Waals surface area contributed by atoms with E-state index in [1.165, 1.54) is 0 Å². The molecule has 4 heteroatoms. The molecule has 1 fully saturated rings. The van der Waals surface area contributed by atoms with E-state index in [0.717, 1.165) is 42.9 Å². The Labute approximate surface area is 112 Å². The molecule has 2 heterocycles. The molecule has 1 atom stereocenters. The third kappa shape index (κ3) is 2.49. The van der Waals surface area contributed by atoms with E-state index in [-0.39, 0.29) is 0 Å². The van der Waals surface area contributed by atoms with Crippen molar-refractivity contribution in [1.82, 2.24) is 10.1 Å². The number of phenolic OH excluding ortho intramolecular Hbond substituents is 1. The van der Waals surface area contributed by atoms with E-state index in [9.17, 15) is 5.11 Å². The van der Waals surface area contributed by atoms with Gasteiger partial charge < -0.3 is 9.63 Å². The minimum atomic E-state index is 0.303. The third-order valence-corrected chi connectivity index (χ3v) is 3.72. The molecule has 0 radical (unpaired) electrons. The molecular formula is C15H18N2O2. The van der Waals surface area contributed by atoms with E-state index in [4.69, 9.17) is 4.52 Å². The first kappa shape index (κ1) is 12.2. The summed E-state index contributed by atoms with van der Waals surface area (Å²) < 4.78 is 5.17. The van der Waals surface area contributed by atoms with Gasteiger partial charge in [0, 0.05) is 18.2 Å². The van der Waals surface area contributed by atoms with Gasteiger partial charge in [-0.05, 0) is 32.4 Å². The van der Waals surface area contributed by atoms with E-state index >= 15 is 0 Å². The van der Waals surface area contributed by atoms with Crippen LogP contribution in [0.1, 0.15) is 35.9 Å². The van der Waals surface area contributed by atoms with Crippen molar-refractivity contribution in [2.45, 2.75) is 32.4 Å². The SMILES string of the molecule is Cc1cc([C@@H]2CCCN2Cc2ccccc2O)no1. The first-order chi connectivity index (χ1) is 9.24. The van der Waals surface area contributed by atoms with Crippen LogP contribution in [0.3, 0.4) is 0 Å². The van der Waals surface area contributed by atoms with Gasteiger partial charge in [0.2, 0.25) is 0 Å².